The lowest BCUT2D eigenvalue weighted by Crippen LogP contribution is -2.17. The topological polar surface area (TPSA) is 54.0 Å². The number of halogens is 1. The number of amidine groups is 1. The number of fused-ring (bicyclic) bond motifs is 1. The fraction of sp³-hybridized carbons (Fsp3) is 0.278. The zero-order valence-electron chi connectivity index (χ0n) is 13.8. The molecule has 0 unspecified atom stereocenters. The highest BCUT2D eigenvalue weighted by molar-refractivity contribution is 7.15. The Morgan fingerprint density at radius 3 is 2.92 bits per heavy atom. The van der Waals surface area contributed by atoms with Crippen molar-refractivity contribution < 1.29 is 0 Å². The number of aliphatic imine (C=N–C) groups is 1. The monoisotopic (exact) mass is 373 g/mol. The van der Waals surface area contributed by atoms with Crippen molar-refractivity contribution in [2.45, 2.75) is 25.7 Å². The summed E-state index contributed by atoms with van der Waals surface area (Å²) in [6.45, 7) is 0.897. The lowest BCUT2D eigenvalue weighted by atomic mass is 10.1. The zero-order chi connectivity index (χ0) is 16.2. The molecule has 3 heterocycles. The normalized spacial score (nSPS) is 15.0. The summed E-state index contributed by atoms with van der Waals surface area (Å²) >= 11 is 1.63. The lowest BCUT2D eigenvalue weighted by molar-refractivity contribution is 0.729. The molecule has 25 heavy (non-hydrogen) atoms. The molecule has 130 valence electrons. The average molecular weight is 374 g/mol. The second kappa shape index (κ2) is 8.27. The van der Waals surface area contributed by atoms with Gasteiger partial charge >= 0.3 is 0 Å². The van der Waals surface area contributed by atoms with E-state index in [2.05, 4.69) is 32.1 Å². The number of nitrogens with zero attached hydrogens (tertiary/aromatic N) is 4. The van der Waals surface area contributed by atoms with E-state index < -0.39 is 0 Å². The highest BCUT2D eigenvalue weighted by Gasteiger charge is 2.13. The van der Waals surface area contributed by atoms with Gasteiger partial charge in [-0.2, -0.15) is 5.10 Å². The van der Waals surface area contributed by atoms with Crippen LogP contribution in [0.25, 0.3) is 16.2 Å². The smallest absolute Gasteiger partial charge is 0.194 e. The van der Waals surface area contributed by atoms with E-state index in [-0.39, 0.29) is 12.4 Å². The van der Waals surface area contributed by atoms with Gasteiger partial charge in [0.2, 0.25) is 0 Å². The fourth-order valence-electron chi connectivity index (χ4n) is 2.87. The summed E-state index contributed by atoms with van der Waals surface area (Å²) in [4.78, 5) is 10.3. The van der Waals surface area contributed by atoms with E-state index in [0.717, 1.165) is 40.7 Å². The Bertz CT molecular complexity index is 881. The highest BCUT2D eigenvalue weighted by atomic mass is 35.5. The van der Waals surface area contributed by atoms with Gasteiger partial charge in [-0.05, 0) is 12.8 Å². The molecule has 1 aliphatic rings. The maximum Gasteiger partial charge on any atom is 0.194 e. The minimum atomic E-state index is 0. The molecule has 0 spiro atoms. The van der Waals surface area contributed by atoms with Crippen molar-refractivity contribution in [1.82, 2.24) is 14.8 Å². The third-order valence-electron chi connectivity index (χ3n) is 4.10. The van der Waals surface area contributed by atoms with Crippen molar-refractivity contribution in [2.75, 3.05) is 6.54 Å². The molecule has 3 aromatic rings. The number of imidazole rings is 1. The maximum absolute atomic E-state index is 4.76. The summed E-state index contributed by atoms with van der Waals surface area (Å²) in [6.07, 6.45) is 8.45. The molecule has 1 N–H and O–H groups in total. The van der Waals surface area contributed by atoms with Crippen LogP contribution < -0.4 is 5.43 Å². The van der Waals surface area contributed by atoms with E-state index in [1.54, 1.807) is 11.3 Å². The summed E-state index contributed by atoms with van der Waals surface area (Å²) < 4.78 is 2.08. The first-order valence-electron chi connectivity index (χ1n) is 8.25. The molecule has 0 radical (unpaired) electrons. The van der Waals surface area contributed by atoms with Gasteiger partial charge in [0, 0.05) is 30.1 Å². The molecule has 0 saturated heterocycles. The Morgan fingerprint density at radius 1 is 1.16 bits per heavy atom. The third-order valence-corrected chi connectivity index (χ3v) is 4.86. The maximum atomic E-state index is 4.76. The van der Waals surface area contributed by atoms with Crippen LogP contribution in [0.15, 0.2) is 52.0 Å². The van der Waals surface area contributed by atoms with Crippen molar-refractivity contribution in [3.63, 3.8) is 0 Å². The quantitative estimate of drug-likeness (QED) is 0.547. The summed E-state index contributed by atoms with van der Waals surface area (Å²) in [5.41, 5.74) is 6.16. The van der Waals surface area contributed by atoms with Gasteiger partial charge in [0.05, 0.1) is 17.6 Å². The number of nitrogens with one attached hydrogen (secondary N) is 1. The Hall–Kier alpha value is -2.18. The van der Waals surface area contributed by atoms with Gasteiger partial charge in [-0.1, -0.05) is 36.8 Å². The zero-order valence-corrected chi connectivity index (χ0v) is 15.4. The van der Waals surface area contributed by atoms with Crippen LogP contribution in [0.2, 0.25) is 0 Å². The third kappa shape index (κ3) is 3.91. The molecule has 1 aliphatic heterocycles. The Morgan fingerprint density at radius 2 is 2.04 bits per heavy atom. The van der Waals surface area contributed by atoms with Gasteiger partial charge in [-0.25, -0.2) is 4.98 Å². The number of hydrogen-bond acceptors (Lipinski definition) is 5. The van der Waals surface area contributed by atoms with Gasteiger partial charge < -0.3 is 0 Å². The largest absolute Gasteiger partial charge is 0.289 e. The van der Waals surface area contributed by atoms with Crippen LogP contribution in [0.5, 0.6) is 0 Å². The lowest BCUT2D eigenvalue weighted by Gasteiger charge is -2.03. The van der Waals surface area contributed by atoms with Crippen LogP contribution in [0.4, 0.5) is 0 Å². The van der Waals surface area contributed by atoms with E-state index in [1.807, 2.05) is 36.0 Å². The van der Waals surface area contributed by atoms with E-state index in [4.69, 9.17) is 4.98 Å². The predicted octanol–water partition coefficient (Wildman–Crippen LogP) is 4.38. The first kappa shape index (κ1) is 17.6. The molecule has 1 aromatic carbocycles. The first-order valence-corrected chi connectivity index (χ1v) is 9.13. The Kier molecular flexibility index (Phi) is 5.83. The first-order chi connectivity index (χ1) is 11.9. The van der Waals surface area contributed by atoms with Gasteiger partial charge in [0.15, 0.2) is 4.96 Å². The highest BCUT2D eigenvalue weighted by Crippen LogP contribution is 2.25. The van der Waals surface area contributed by atoms with Gasteiger partial charge in [0.25, 0.3) is 0 Å². The predicted molar refractivity (Wildman–Crippen MR) is 107 cm³/mol. The number of hydrogen-bond donors (Lipinski definition) is 1. The average Bonchev–Trinajstić information content (AvgIpc) is 3.10. The molecule has 5 nitrogen and oxygen atoms in total. The number of aromatic nitrogens is 2. The number of benzene rings is 1. The molecule has 4 rings (SSSR count). The molecule has 0 amide bonds. The number of hydrazone groups is 1. The second-order valence-corrected chi connectivity index (χ2v) is 6.65. The van der Waals surface area contributed by atoms with Gasteiger partial charge in [0.1, 0.15) is 5.84 Å². The summed E-state index contributed by atoms with van der Waals surface area (Å²) in [5, 5.41) is 6.47. The Balaban J connectivity index is 0.00000182. The van der Waals surface area contributed by atoms with Crippen molar-refractivity contribution in [2.24, 2.45) is 10.1 Å². The van der Waals surface area contributed by atoms with Gasteiger partial charge in [-0.15, -0.1) is 23.7 Å². The fourth-order valence-corrected chi connectivity index (χ4v) is 3.59. The molecule has 7 heteroatoms. The number of rotatable bonds is 3. The van der Waals surface area contributed by atoms with Crippen LogP contribution in [0.1, 0.15) is 31.4 Å². The summed E-state index contributed by atoms with van der Waals surface area (Å²) in [6, 6.07) is 10.2. The van der Waals surface area contributed by atoms with Crippen LogP contribution >= 0.6 is 23.7 Å². The van der Waals surface area contributed by atoms with Crippen LogP contribution in [-0.2, 0) is 0 Å². The standard InChI is InChI=1S/C18H19N5S.ClH/c1-3-7-14(8-4-1)17-15(23-11-12-24-18(23)21-17)13-20-22-16-9-5-2-6-10-19-16;/h1,3-4,7-8,11-13H,2,5-6,9-10H2,(H,19,22);1H. The van der Waals surface area contributed by atoms with Crippen LogP contribution in [-0.4, -0.2) is 28.0 Å². The van der Waals surface area contributed by atoms with E-state index in [1.165, 1.54) is 19.3 Å². The molecule has 0 fully saturated rings. The Labute approximate surface area is 156 Å². The van der Waals surface area contributed by atoms with Crippen molar-refractivity contribution >= 4 is 40.8 Å². The molecule has 0 bridgehead atoms. The van der Waals surface area contributed by atoms with Crippen LogP contribution in [0.3, 0.4) is 0 Å². The summed E-state index contributed by atoms with van der Waals surface area (Å²) in [5.74, 6) is 0.982. The molecular formula is C18H20ClN5S. The van der Waals surface area contributed by atoms with Crippen LogP contribution in [0, 0.1) is 0 Å². The molecule has 0 atom stereocenters. The van der Waals surface area contributed by atoms with E-state index in [9.17, 15) is 0 Å². The van der Waals surface area contributed by atoms with Crippen molar-refractivity contribution in [3.05, 3.63) is 47.6 Å². The minimum absolute atomic E-state index is 0. The minimum Gasteiger partial charge on any atom is -0.289 e. The van der Waals surface area contributed by atoms with Crippen molar-refractivity contribution in [3.8, 4) is 11.3 Å². The van der Waals surface area contributed by atoms with Gasteiger partial charge in [-0.3, -0.25) is 14.8 Å². The second-order valence-electron chi connectivity index (χ2n) is 5.78. The molecule has 0 saturated carbocycles. The number of thiazole rings is 1. The SMILES string of the molecule is C(=NNC1=NCCCCC1)c1c(-c2ccccc2)nc2sccn12.Cl. The van der Waals surface area contributed by atoms with Crippen molar-refractivity contribution in [1.29, 1.82) is 0 Å². The molecule has 2 aromatic heterocycles. The molecular weight excluding hydrogens is 354 g/mol. The van der Waals surface area contributed by atoms with E-state index >= 15 is 0 Å². The summed E-state index contributed by atoms with van der Waals surface area (Å²) in [7, 11) is 0. The molecule has 0 aliphatic carbocycles. The van der Waals surface area contributed by atoms with E-state index in [0.29, 0.717) is 0 Å².